The van der Waals surface area contributed by atoms with Crippen molar-refractivity contribution in [3.05, 3.63) is 231 Å². The number of anilines is 3. The summed E-state index contributed by atoms with van der Waals surface area (Å²) in [6, 6.07) is 82.9. The van der Waals surface area contributed by atoms with Crippen LogP contribution < -0.4 is 4.90 Å². The van der Waals surface area contributed by atoms with E-state index < -0.39 is 0 Å². The van der Waals surface area contributed by atoms with Crippen LogP contribution in [0.1, 0.15) is 0 Å². The highest BCUT2D eigenvalue weighted by molar-refractivity contribution is 6.09. The third-order valence-corrected chi connectivity index (χ3v) is 10.8. The van der Waals surface area contributed by atoms with Crippen molar-refractivity contribution >= 4 is 38.9 Å². The number of hydrogen-bond donors (Lipinski definition) is 0. The van der Waals surface area contributed by atoms with Gasteiger partial charge in [0.15, 0.2) is 0 Å². The molecule has 2 nitrogen and oxygen atoms in total. The Balaban J connectivity index is 1.04. The van der Waals surface area contributed by atoms with Crippen LogP contribution in [0.25, 0.3) is 72.0 Å². The first-order valence-corrected chi connectivity index (χ1v) is 19.2. The van der Waals surface area contributed by atoms with Crippen LogP contribution in [-0.2, 0) is 0 Å². The molecule has 1 aromatic heterocycles. The zero-order valence-electron chi connectivity index (χ0n) is 30.8. The Morgan fingerprint density at radius 2 is 0.643 bits per heavy atom. The van der Waals surface area contributed by atoms with E-state index in [2.05, 4.69) is 240 Å². The third-order valence-electron chi connectivity index (χ3n) is 10.8. The minimum atomic E-state index is 1.09. The van der Waals surface area contributed by atoms with E-state index in [1.807, 2.05) is 0 Å². The number of nitrogens with zero attached hydrogens (tertiary/aromatic N) is 2. The first-order valence-electron chi connectivity index (χ1n) is 19.2. The van der Waals surface area contributed by atoms with Crippen molar-refractivity contribution in [2.24, 2.45) is 0 Å². The Labute approximate surface area is 327 Å². The van der Waals surface area contributed by atoms with Crippen LogP contribution in [0, 0.1) is 0 Å². The molecule has 0 saturated carbocycles. The first kappa shape index (κ1) is 33.2. The van der Waals surface area contributed by atoms with Gasteiger partial charge in [-0.2, -0.15) is 0 Å². The summed E-state index contributed by atoms with van der Waals surface area (Å²) >= 11 is 0. The van der Waals surface area contributed by atoms with Crippen LogP contribution in [0.4, 0.5) is 17.1 Å². The summed E-state index contributed by atoms with van der Waals surface area (Å²) in [7, 11) is 0. The van der Waals surface area contributed by atoms with Gasteiger partial charge in [0.25, 0.3) is 0 Å². The van der Waals surface area contributed by atoms with E-state index in [-0.39, 0.29) is 0 Å². The zero-order valence-corrected chi connectivity index (χ0v) is 30.8. The Bertz CT molecular complexity index is 2810. The van der Waals surface area contributed by atoms with E-state index >= 15 is 0 Å². The Morgan fingerprint density at radius 1 is 0.268 bits per heavy atom. The van der Waals surface area contributed by atoms with Crippen molar-refractivity contribution in [1.82, 2.24) is 4.57 Å². The van der Waals surface area contributed by atoms with Gasteiger partial charge in [0.1, 0.15) is 0 Å². The number of benzene rings is 9. The molecule has 0 fully saturated rings. The fourth-order valence-corrected chi connectivity index (χ4v) is 8.21. The minimum Gasteiger partial charge on any atom is -0.309 e. The van der Waals surface area contributed by atoms with Crippen LogP contribution in [0.5, 0.6) is 0 Å². The second-order valence-electron chi connectivity index (χ2n) is 14.1. The topological polar surface area (TPSA) is 8.17 Å². The summed E-state index contributed by atoms with van der Waals surface area (Å²) in [5, 5.41) is 2.53. The van der Waals surface area contributed by atoms with Gasteiger partial charge in [-0.1, -0.05) is 188 Å². The lowest BCUT2D eigenvalue weighted by Gasteiger charge is -2.30. The maximum Gasteiger partial charge on any atom is 0.0541 e. The van der Waals surface area contributed by atoms with Crippen LogP contribution >= 0.6 is 0 Å². The maximum atomic E-state index is 2.41. The molecule has 0 N–H and O–H groups in total. The van der Waals surface area contributed by atoms with E-state index in [9.17, 15) is 0 Å². The fraction of sp³-hybridized carbons (Fsp3) is 0. The Hall–Kier alpha value is -7.42. The molecule has 56 heavy (non-hydrogen) atoms. The molecule has 0 aliphatic rings. The second kappa shape index (κ2) is 14.4. The van der Waals surface area contributed by atoms with Gasteiger partial charge in [0, 0.05) is 33.2 Å². The summed E-state index contributed by atoms with van der Waals surface area (Å²) in [6.07, 6.45) is 0. The lowest BCUT2D eigenvalue weighted by atomic mass is 9.97. The summed E-state index contributed by atoms with van der Waals surface area (Å²) in [5.41, 5.74) is 16.4. The van der Waals surface area contributed by atoms with Gasteiger partial charge >= 0.3 is 0 Å². The molecule has 0 radical (unpaired) electrons. The maximum absolute atomic E-state index is 2.41. The van der Waals surface area contributed by atoms with Crippen molar-refractivity contribution in [1.29, 1.82) is 0 Å². The molecule has 0 bridgehead atoms. The zero-order chi connectivity index (χ0) is 37.3. The van der Waals surface area contributed by atoms with Gasteiger partial charge in [0.05, 0.1) is 28.1 Å². The number of fused-ring (bicyclic) bond motifs is 3. The standard InChI is InChI=1S/C54H38N2/c1-3-17-41(18-4-1)45-21-7-12-26-50(45)55(51-27-13-8-22-46(51)42-19-5-2-6-20-42)44-37-35-40(36-38-44)39-31-33-43(34-32-39)47-23-9-14-28-52(47)56-53-29-15-10-24-48(53)49-25-11-16-30-54(49)56/h1-38H. The highest BCUT2D eigenvalue weighted by atomic mass is 15.1. The van der Waals surface area contributed by atoms with Crippen LogP contribution in [0.3, 0.4) is 0 Å². The monoisotopic (exact) mass is 714 g/mol. The lowest BCUT2D eigenvalue weighted by Crippen LogP contribution is -2.12. The fourth-order valence-electron chi connectivity index (χ4n) is 8.21. The number of para-hydroxylation sites is 5. The highest BCUT2D eigenvalue weighted by Crippen LogP contribution is 2.45. The average molecular weight is 715 g/mol. The van der Waals surface area contributed by atoms with Crippen molar-refractivity contribution in [2.45, 2.75) is 0 Å². The second-order valence-corrected chi connectivity index (χ2v) is 14.1. The van der Waals surface area contributed by atoms with E-state index in [1.165, 1.54) is 72.0 Å². The molecule has 0 aliphatic carbocycles. The smallest absolute Gasteiger partial charge is 0.0541 e. The van der Waals surface area contributed by atoms with Crippen molar-refractivity contribution in [2.75, 3.05) is 4.90 Å². The summed E-state index contributed by atoms with van der Waals surface area (Å²) in [4.78, 5) is 2.41. The van der Waals surface area contributed by atoms with Gasteiger partial charge in [-0.25, -0.2) is 0 Å². The van der Waals surface area contributed by atoms with Gasteiger partial charge in [-0.3, -0.25) is 0 Å². The summed E-state index contributed by atoms with van der Waals surface area (Å²) in [6.45, 7) is 0. The average Bonchev–Trinajstić information content (AvgIpc) is 3.62. The molecule has 264 valence electrons. The molecule has 0 atom stereocenters. The van der Waals surface area contributed by atoms with E-state index in [0.717, 1.165) is 17.1 Å². The quantitative estimate of drug-likeness (QED) is 0.152. The predicted octanol–water partition coefficient (Wildman–Crippen LogP) is 14.9. The van der Waals surface area contributed by atoms with Crippen LogP contribution in [-0.4, -0.2) is 4.57 Å². The SMILES string of the molecule is c1ccc(-c2ccccc2N(c2ccc(-c3ccc(-c4ccccc4-n4c5ccccc5c5ccccc54)cc3)cc2)c2ccccc2-c2ccccc2)cc1. The van der Waals surface area contributed by atoms with Crippen LogP contribution in [0.15, 0.2) is 231 Å². The molecule has 10 aromatic rings. The number of rotatable bonds is 8. The van der Waals surface area contributed by atoms with Gasteiger partial charge in [-0.15, -0.1) is 0 Å². The predicted molar refractivity (Wildman–Crippen MR) is 237 cm³/mol. The minimum absolute atomic E-state index is 1.09. The summed E-state index contributed by atoms with van der Waals surface area (Å²) in [5.74, 6) is 0. The Morgan fingerprint density at radius 3 is 1.18 bits per heavy atom. The summed E-state index contributed by atoms with van der Waals surface area (Å²) < 4.78 is 2.41. The number of hydrogen-bond acceptors (Lipinski definition) is 1. The van der Waals surface area contributed by atoms with Gasteiger partial charge in [0.2, 0.25) is 0 Å². The van der Waals surface area contributed by atoms with Crippen molar-refractivity contribution in [3.8, 4) is 50.2 Å². The largest absolute Gasteiger partial charge is 0.309 e. The van der Waals surface area contributed by atoms with Gasteiger partial charge < -0.3 is 9.47 Å². The molecular formula is C54H38N2. The molecule has 0 spiro atoms. The van der Waals surface area contributed by atoms with Crippen molar-refractivity contribution in [3.63, 3.8) is 0 Å². The van der Waals surface area contributed by atoms with E-state index in [4.69, 9.17) is 0 Å². The van der Waals surface area contributed by atoms with Crippen molar-refractivity contribution < 1.29 is 0 Å². The molecule has 0 aliphatic heterocycles. The first-order chi connectivity index (χ1) is 27.8. The Kier molecular flexibility index (Phi) is 8.55. The molecular weight excluding hydrogens is 677 g/mol. The third kappa shape index (κ3) is 5.95. The molecule has 0 unspecified atom stereocenters. The van der Waals surface area contributed by atoms with E-state index in [0.29, 0.717) is 0 Å². The molecule has 9 aromatic carbocycles. The number of aromatic nitrogens is 1. The molecule has 10 rings (SSSR count). The molecule has 1 heterocycles. The van der Waals surface area contributed by atoms with Crippen LogP contribution in [0.2, 0.25) is 0 Å². The van der Waals surface area contributed by atoms with E-state index in [1.54, 1.807) is 0 Å². The molecule has 2 heteroatoms. The normalized spacial score (nSPS) is 11.2. The lowest BCUT2D eigenvalue weighted by molar-refractivity contribution is 1.18. The molecule has 0 saturated heterocycles. The van der Waals surface area contributed by atoms with Gasteiger partial charge in [-0.05, 0) is 70.3 Å². The highest BCUT2D eigenvalue weighted by Gasteiger charge is 2.21. The molecule has 0 amide bonds.